The number of carboxylic acid groups (broad SMARTS) is 1. The second-order valence-electron chi connectivity index (χ2n) is 3.63. The van der Waals surface area contributed by atoms with Crippen LogP contribution in [0.4, 0.5) is 4.39 Å². The zero-order chi connectivity index (χ0) is 12.7. The van der Waals surface area contributed by atoms with E-state index in [4.69, 9.17) is 5.11 Å². The highest BCUT2D eigenvalue weighted by atomic mass is 19.1. The minimum atomic E-state index is -1.32. The molecule has 2 aromatic heterocycles. The zero-order valence-corrected chi connectivity index (χ0v) is 8.85. The van der Waals surface area contributed by atoms with Crippen LogP contribution in [0.3, 0.4) is 0 Å². The SMILES string of the molecule is O=C(O)c1nonc1-c1ccc2[nH]ccc2c1F. The van der Waals surface area contributed by atoms with E-state index in [1.807, 2.05) is 0 Å². The van der Waals surface area contributed by atoms with E-state index in [2.05, 4.69) is 19.9 Å². The lowest BCUT2D eigenvalue weighted by atomic mass is 10.1. The number of fused-ring (bicyclic) bond motifs is 1. The van der Waals surface area contributed by atoms with Crippen molar-refractivity contribution in [2.75, 3.05) is 0 Å². The molecule has 0 aliphatic heterocycles. The van der Waals surface area contributed by atoms with Gasteiger partial charge in [0.1, 0.15) is 5.82 Å². The predicted octanol–water partition coefficient (Wildman–Crippen LogP) is 2.06. The molecule has 0 spiro atoms. The predicted molar refractivity (Wildman–Crippen MR) is 58.5 cm³/mol. The van der Waals surface area contributed by atoms with Crippen LogP contribution in [0, 0.1) is 5.82 Å². The van der Waals surface area contributed by atoms with Gasteiger partial charge in [0.2, 0.25) is 5.69 Å². The van der Waals surface area contributed by atoms with Crippen molar-refractivity contribution < 1.29 is 18.9 Å². The summed E-state index contributed by atoms with van der Waals surface area (Å²) in [7, 11) is 0. The van der Waals surface area contributed by atoms with Gasteiger partial charge in [0, 0.05) is 22.7 Å². The monoisotopic (exact) mass is 247 g/mol. The summed E-state index contributed by atoms with van der Waals surface area (Å²) in [6.07, 6.45) is 1.59. The van der Waals surface area contributed by atoms with Crippen molar-refractivity contribution in [1.82, 2.24) is 15.3 Å². The normalized spacial score (nSPS) is 10.9. The largest absolute Gasteiger partial charge is 0.476 e. The van der Waals surface area contributed by atoms with E-state index in [9.17, 15) is 9.18 Å². The molecule has 3 aromatic rings. The lowest BCUT2D eigenvalue weighted by molar-refractivity contribution is 0.0685. The lowest BCUT2D eigenvalue weighted by Crippen LogP contribution is -2.00. The van der Waals surface area contributed by atoms with E-state index in [1.54, 1.807) is 18.3 Å². The maximum Gasteiger partial charge on any atom is 0.360 e. The van der Waals surface area contributed by atoms with E-state index in [1.165, 1.54) is 6.07 Å². The molecule has 0 unspecified atom stereocenters. The standard InChI is InChI=1S/C11H6FN3O3/c12-8-5-3-4-13-7(5)2-1-6(8)9-10(11(16)17)15-18-14-9/h1-4,13H,(H,16,17). The third-order valence-corrected chi connectivity index (χ3v) is 2.61. The van der Waals surface area contributed by atoms with Gasteiger partial charge in [-0.15, -0.1) is 0 Å². The molecule has 0 amide bonds. The molecule has 6 nitrogen and oxygen atoms in total. The van der Waals surface area contributed by atoms with Gasteiger partial charge >= 0.3 is 5.97 Å². The molecule has 0 aliphatic carbocycles. The average molecular weight is 247 g/mol. The van der Waals surface area contributed by atoms with Crippen LogP contribution >= 0.6 is 0 Å². The summed E-state index contributed by atoms with van der Waals surface area (Å²) in [4.78, 5) is 13.7. The van der Waals surface area contributed by atoms with Gasteiger partial charge in [-0.2, -0.15) is 0 Å². The smallest absolute Gasteiger partial charge is 0.360 e. The number of carbonyl (C=O) groups is 1. The molecule has 0 fully saturated rings. The molecule has 0 bridgehead atoms. The number of rotatable bonds is 2. The number of benzene rings is 1. The van der Waals surface area contributed by atoms with Gasteiger partial charge in [-0.25, -0.2) is 13.8 Å². The van der Waals surface area contributed by atoms with Crippen LogP contribution in [-0.2, 0) is 0 Å². The Labute approximate surface area is 99.0 Å². The van der Waals surface area contributed by atoms with E-state index in [0.717, 1.165) is 0 Å². The molecule has 1 aromatic carbocycles. The molecule has 0 saturated heterocycles. The highest BCUT2D eigenvalue weighted by molar-refractivity contribution is 5.94. The maximum atomic E-state index is 14.2. The summed E-state index contributed by atoms with van der Waals surface area (Å²) in [5.41, 5.74) is 0.122. The van der Waals surface area contributed by atoms with E-state index in [-0.39, 0.29) is 11.3 Å². The first kappa shape index (κ1) is 10.5. The number of aromatic amines is 1. The van der Waals surface area contributed by atoms with Gasteiger partial charge in [-0.1, -0.05) is 0 Å². The quantitative estimate of drug-likeness (QED) is 0.723. The van der Waals surface area contributed by atoms with Crippen LogP contribution in [0.2, 0.25) is 0 Å². The van der Waals surface area contributed by atoms with E-state index >= 15 is 0 Å². The van der Waals surface area contributed by atoms with Gasteiger partial charge in [-0.3, -0.25) is 0 Å². The minimum absolute atomic E-state index is 0.0424. The topological polar surface area (TPSA) is 92.0 Å². The molecule has 2 heterocycles. The molecule has 18 heavy (non-hydrogen) atoms. The summed E-state index contributed by atoms with van der Waals surface area (Å²) in [6.45, 7) is 0. The van der Waals surface area contributed by atoms with Gasteiger partial charge in [0.15, 0.2) is 5.69 Å². The summed E-state index contributed by atoms with van der Waals surface area (Å²) in [6, 6.07) is 4.62. The Kier molecular flexibility index (Phi) is 2.12. The Balaban J connectivity index is 2.28. The molecule has 2 N–H and O–H groups in total. The second kappa shape index (κ2) is 3.66. The Morgan fingerprint density at radius 2 is 2.17 bits per heavy atom. The van der Waals surface area contributed by atoms with Crippen molar-refractivity contribution >= 4 is 16.9 Å². The van der Waals surface area contributed by atoms with Crippen molar-refractivity contribution in [2.24, 2.45) is 0 Å². The van der Waals surface area contributed by atoms with Crippen LogP contribution in [0.5, 0.6) is 0 Å². The number of carboxylic acids is 1. The molecule has 0 saturated carbocycles. The fourth-order valence-corrected chi connectivity index (χ4v) is 1.79. The van der Waals surface area contributed by atoms with Crippen LogP contribution < -0.4 is 0 Å². The number of H-pyrrole nitrogens is 1. The fraction of sp³-hybridized carbons (Fsp3) is 0. The van der Waals surface area contributed by atoms with Crippen LogP contribution in [-0.4, -0.2) is 26.4 Å². The molecule has 3 rings (SSSR count). The van der Waals surface area contributed by atoms with Crippen LogP contribution in [0.1, 0.15) is 10.5 Å². The van der Waals surface area contributed by atoms with Gasteiger partial charge in [-0.05, 0) is 28.5 Å². The molecule has 7 heteroatoms. The summed E-state index contributed by atoms with van der Waals surface area (Å²) in [5.74, 6) is -1.88. The Morgan fingerprint density at radius 1 is 1.33 bits per heavy atom. The molecule has 0 aliphatic rings. The van der Waals surface area contributed by atoms with E-state index in [0.29, 0.717) is 10.9 Å². The number of hydrogen-bond donors (Lipinski definition) is 2. The van der Waals surface area contributed by atoms with Crippen molar-refractivity contribution in [2.45, 2.75) is 0 Å². The van der Waals surface area contributed by atoms with Crippen molar-refractivity contribution in [3.8, 4) is 11.3 Å². The third-order valence-electron chi connectivity index (χ3n) is 2.61. The Hall–Kier alpha value is -2.70. The molecular weight excluding hydrogens is 241 g/mol. The van der Waals surface area contributed by atoms with Crippen molar-refractivity contribution in [1.29, 1.82) is 0 Å². The summed E-state index contributed by atoms with van der Waals surface area (Å²) >= 11 is 0. The first-order valence-electron chi connectivity index (χ1n) is 5.00. The summed E-state index contributed by atoms with van der Waals surface area (Å²) in [5, 5.41) is 15.9. The first-order valence-corrected chi connectivity index (χ1v) is 5.00. The summed E-state index contributed by atoms with van der Waals surface area (Å²) < 4.78 is 18.5. The average Bonchev–Trinajstić information content (AvgIpc) is 2.97. The highest BCUT2D eigenvalue weighted by Gasteiger charge is 2.22. The van der Waals surface area contributed by atoms with Crippen LogP contribution in [0.15, 0.2) is 29.0 Å². The minimum Gasteiger partial charge on any atom is -0.476 e. The molecule has 0 atom stereocenters. The molecular formula is C11H6FN3O3. The van der Waals surface area contributed by atoms with Gasteiger partial charge in [0.25, 0.3) is 0 Å². The van der Waals surface area contributed by atoms with E-state index < -0.39 is 17.5 Å². The third kappa shape index (κ3) is 1.37. The highest BCUT2D eigenvalue weighted by Crippen LogP contribution is 2.28. The number of hydrogen-bond acceptors (Lipinski definition) is 4. The zero-order valence-electron chi connectivity index (χ0n) is 8.85. The number of nitrogens with zero attached hydrogens (tertiary/aromatic N) is 2. The van der Waals surface area contributed by atoms with Crippen molar-refractivity contribution in [3.05, 3.63) is 35.9 Å². The second-order valence-corrected chi connectivity index (χ2v) is 3.63. The number of nitrogens with one attached hydrogen (secondary N) is 1. The number of aromatic carboxylic acids is 1. The van der Waals surface area contributed by atoms with Gasteiger partial charge < -0.3 is 10.1 Å². The van der Waals surface area contributed by atoms with Crippen LogP contribution in [0.25, 0.3) is 22.2 Å². The molecule has 0 radical (unpaired) electrons. The molecule has 90 valence electrons. The number of halogens is 1. The van der Waals surface area contributed by atoms with Gasteiger partial charge in [0.05, 0.1) is 0 Å². The first-order chi connectivity index (χ1) is 8.68. The van der Waals surface area contributed by atoms with Crippen molar-refractivity contribution in [3.63, 3.8) is 0 Å². The fourth-order valence-electron chi connectivity index (χ4n) is 1.79. The maximum absolute atomic E-state index is 14.2. The lowest BCUT2D eigenvalue weighted by Gasteiger charge is -2.00. The Bertz CT molecular complexity index is 747. The number of aromatic nitrogens is 3. The Morgan fingerprint density at radius 3 is 2.94 bits per heavy atom.